The van der Waals surface area contributed by atoms with E-state index >= 15 is 0 Å². The van der Waals surface area contributed by atoms with Gasteiger partial charge < -0.3 is 20.3 Å². The van der Waals surface area contributed by atoms with E-state index in [1.807, 2.05) is 19.9 Å². The second kappa shape index (κ2) is 15.9. The van der Waals surface area contributed by atoms with Gasteiger partial charge in [0.15, 0.2) is 10.8 Å². The van der Waals surface area contributed by atoms with E-state index in [-0.39, 0.29) is 53.6 Å². The summed E-state index contributed by atoms with van der Waals surface area (Å²) in [6.07, 6.45) is -1.27. The number of anilines is 4. The van der Waals surface area contributed by atoms with Crippen molar-refractivity contribution >= 4 is 63.7 Å². The van der Waals surface area contributed by atoms with Crippen molar-refractivity contribution in [1.29, 1.82) is 5.26 Å². The van der Waals surface area contributed by atoms with Gasteiger partial charge >= 0.3 is 6.18 Å². The van der Waals surface area contributed by atoms with Gasteiger partial charge in [-0.3, -0.25) is 34.3 Å². The third kappa shape index (κ3) is 8.31. The van der Waals surface area contributed by atoms with Crippen molar-refractivity contribution < 1.29 is 37.1 Å². The number of piperidine rings is 1. The van der Waals surface area contributed by atoms with E-state index in [4.69, 9.17) is 17.0 Å². The molecule has 3 fully saturated rings. The Bertz CT molecular complexity index is 2120. The normalized spacial score (nSPS) is 20.2. The van der Waals surface area contributed by atoms with E-state index in [1.165, 1.54) is 6.07 Å². The number of nitrogens with zero attached hydrogens (tertiary/aromatic N) is 5. The predicted octanol–water partition coefficient (Wildman–Crippen LogP) is 5.54. The average molecular weight is 791 g/mol. The van der Waals surface area contributed by atoms with Crippen LogP contribution in [0.2, 0.25) is 0 Å². The molecule has 3 N–H and O–H groups in total. The highest BCUT2D eigenvalue weighted by molar-refractivity contribution is 7.81. The summed E-state index contributed by atoms with van der Waals surface area (Å²) in [5.74, 6) is -0.768. The van der Waals surface area contributed by atoms with E-state index in [1.54, 1.807) is 55.1 Å². The number of likely N-dealkylation sites (tertiary alicyclic amines) is 1. The summed E-state index contributed by atoms with van der Waals surface area (Å²) < 4.78 is 47.6. The van der Waals surface area contributed by atoms with Gasteiger partial charge in [0.1, 0.15) is 23.4 Å². The Balaban J connectivity index is 1.07. The molecule has 0 radical (unpaired) electrons. The van der Waals surface area contributed by atoms with Crippen LogP contribution >= 0.6 is 12.2 Å². The number of carbonyl (C=O) groups excluding carboxylic acids is 4. The number of pyridine rings is 1. The first-order valence-corrected chi connectivity index (χ1v) is 18.6. The molecule has 6 rings (SSSR count). The summed E-state index contributed by atoms with van der Waals surface area (Å²) in [6, 6.07) is 14.2. The van der Waals surface area contributed by atoms with Crippen molar-refractivity contribution in [1.82, 2.24) is 15.2 Å². The van der Waals surface area contributed by atoms with Gasteiger partial charge in [0.2, 0.25) is 17.7 Å². The van der Waals surface area contributed by atoms with Crippen molar-refractivity contribution in [3.63, 3.8) is 0 Å². The number of aryl methyl sites for hydroxylation is 1. The molecule has 0 spiro atoms. The number of amides is 4. The van der Waals surface area contributed by atoms with Gasteiger partial charge in [-0.1, -0.05) is 13.0 Å². The maximum absolute atomic E-state index is 13.7. The van der Waals surface area contributed by atoms with Crippen molar-refractivity contribution in [2.75, 3.05) is 33.5 Å². The molecular weight excluding hydrogens is 750 g/mol. The number of ether oxygens (including phenoxy) is 1. The number of halogens is 3. The molecule has 294 valence electrons. The molecule has 13 nitrogen and oxygen atoms in total. The fourth-order valence-corrected chi connectivity index (χ4v) is 7.68. The lowest BCUT2D eigenvalue weighted by atomic mass is 9.97. The largest absolute Gasteiger partial charge is 0.490 e. The average Bonchev–Trinajstić information content (AvgIpc) is 3.32. The number of carbonyl (C=O) groups is 4. The minimum absolute atomic E-state index is 0.0329. The van der Waals surface area contributed by atoms with Crippen molar-refractivity contribution in [2.45, 2.75) is 89.7 Å². The maximum Gasteiger partial charge on any atom is 0.419 e. The molecule has 0 aliphatic carbocycles. The van der Waals surface area contributed by atoms with Crippen molar-refractivity contribution in [2.24, 2.45) is 0 Å². The fraction of sp³-hybridized carbons (Fsp3) is 0.410. The molecule has 3 atom stereocenters. The van der Waals surface area contributed by atoms with Crippen LogP contribution in [0.15, 0.2) is 54.7 Å². The van der Waals surface area contributed by atoms with E-state index in [2.05, 4.69) is 25.8 Å². The van der Waals surface area contributed by atoms with Crippen LogP contribution in [0.25, 0.3) is 0 Å². The molecule has 4 heterocycles. The molecule has 3 saturated heterocycles. The number of rotatable bonds is 12. The molecule has 2 aromatic carbocycles. The van der Waals surface area contributed by atoms with E-state index in [0.717, 1.165) is 29.6 Å². The zero-order valence-electron chi connectivity index (χ0n) is 31.2. The number of hydrogen-bond donors (Lipinski definition) is 3. The maximum atomic E-state index is 13.7. The second-order valence-corrected chi connectivity index (χ2v) is 14.9. The Kier molecular flexibility index (Phi) is 11.4. The number of nitriles is 1. The number of hydrogen-bond acceptors (Lipinski definition) is 10. The van der Waals surface area contributed by atoms with Gasteiger partial charge in [-0.2, -0.15) is 18.4 Å². The number of benzene rings is 2. The Morgan fingerprint density at radius 1 is 1.12 bits per heavy atom. The molecular formula is C39H41F3N8O5S. The third-order valence-electron chi connectivity index (χ3n) is 10.2. The lowest BCUT2D eigenvalue weighted by Crippen LogP contribution is -2.52. The minimum atomic E-state index is -4.86. The number of nitrogens with one attached hydrogen (secondary N) is 3. The number of imide groups is 1. The van der Waals surface area contributed by atoms with Crippen LogP contribution in [0.5, 0.6) is 5.75 Å². The highest BCUT2D eigenvalue weighted by Crippen LogP contribution is 2.40. The number of aromatic nitrogens is 1. The Morgan fingerprint density at radius 3 is 2.54 bits per heavy atom. The molecule has 4 amide bonds. The quantitative estimate of drug-likeness (QED) is 0.156. The Hall–Kier alpha value is -5.60. The molecule has 0 saturated carbocycles. The highest BCUT2D eigenvalue weighted by Gasteiger charge is 2.51. The zero-order valence-corrected chi connectivity index (χ0v) is 32.0. The predicted molar refractivity (Wildman–Crippen MR) is 206 cm³/mol. The lowest BCUT2D eigenvalue weighted by Gasteiger charge is -2.41. The van der Waals surface area contributed by atoms with Crippen LogP contribution in [0.1, 0.15) is 70.2 Å². The first kappa shape index (κ1) is 40.1. The molecule has 17 heteroatoms. The van der Waals surface area contributed by atoms with Gasteiger partial charge in [-0.05, 0) is 107 Å². The van der Waals surface area contributed by atoms with Crippen LogP contribution < -0.4 is 30.5 Å². The Morgan fingerprint density at radius 2 is 1.88 bits per heavy atom. The smallest absolute Gasteiger partial charge is 0.419 e. The van der Waals surface area contributed by atoms with Gasteiger partial charge in [0.05, 0.1) is 30.1 Å². The molecule has 1 aromatic heterocycles. The lowest BCUT2D eigenvalue weighted by molar-refractivity contribution is -0.138. The van der Waals surface area contributed by atoms with Gasteiger partial charge in [0.25, 0.3) is 5.91 Å². The summed E-state index contributed by atoms with van der Waals surface area (Å²) in [5.41, 5.74) is -0.906. The van der Waals surface area contributed by atoms with Crippen LogP contribution in [-0.2, 0) is 31.8 Å². The third-order valence-corrected chi connectivity index (χ3v) is 10.5. The van der Waals surface area contributed by atoms with Crippen molar-refractivity contribution in [3.05, 3.63) is 71.5 Å². The summed E-state index contributed by atoms with van der Waals surface area (Å²) >= 11 is 5.69. The first-order chi connectivity index (χ1) is 26.5. The molecule has 1 unspecified atom stereocenters. The van der Waals surface area contributed by atoms with Gasteiger partial charge in [0, 0.05) is 36.1 Å². The van der Waals surface area contributed by atoms with E-state index < -0.39 is 34.9 Å². The van der Waals surface area contributed by atoms with E-state index in [0.29, 0.717) is 48.1 Å². The monoisotopic (exact) mass is 790 g/mol. The minimum Gasteiger partial charge on any atom is -0.490 e. The van der Waals surface area contributed by atoms with Gasteiger partial charge in [-0.15, -0.1) is 0 Å². The van der Waals surface area contributed by atoms with Crippen LogP contribution in [0.3, 0.4) is 0 Å². The summed E-state index contributed by atoms with van der Waals surface area (Å²) in [6.45, 7) is 8.12. The van der Waals surface area contributed by atoms with Crippen LogP contribution in [0, 0.1) is 11.3 Å². The molecule has 56 heavy (non-hydrogen) atoms. The summed E-state index contributed by atoms with van der Waals surface area (Å²) in [7, 11) is 0. The zero-order chi connectivity index (χ0) is 40.5. The van der Waals surface area contributed by atoms with Crippen LogP contribution in [0.4, 0.5) is 35.9 Å². The number of alkyl halides is 3. The molecule has 3 aliphatic heterocycles. The standard InChI is InChI=1S/C39H41F3N8O5S/c1-5-23-16-27(50-37(56)49(36(54)38(50,3)4)28-18-29(39(40,41)42)31(19-43)44-20-28)9-11-32(23)55-22(2)15-26-13-14-48(26)21-34(52)46-25-8-6-7-24(17-25)45-30-10-12-33(51)47-35(30)53/h6-9,11,16-18,20,22,26,30,45H,5,10,12-15,21H2,1-4H3,(H,46,52)(H,47,51,53)/t22-,26+,30?/m1/s1. The summed E-state index contributed by atoms with van der Waals surface area (Å²) in [4.78, 5) is 58.7. The topological polar surface area (TPSA) is 160 Å². The van der Waals surface area contributed by atoms with Crippen molar-refractivity contribution in [3.8, 4) is 11.8 Å². The molecule has 3 aromatic rings. The van der Waals surface area contributed by atoms with E-state index in [9.17, 15) is 37.6 Å². The number of thiocarbonyl (C=S) groups is 1. The second-order valence-electron chi connectivity index (χ2n) is 14.5. The molecule has 3 aliphatic rings. The first-order valence-electron chi connectivity index (χ1n) is 18.2. The van der Waals surface area contributed by atoms with Gasteiger partial charge in [-0.25, -0.2) is 4.98 Å². The SMILES string of the molecule is CCc1cc(N2C(=S)N(c3cnc(C#N)c(C(F)(F)F)c3)C(=O)C2(C)C)ccc1O[C@H](C)C[C@@H]1CCN1CC(=O)Nc1cccc(NC2CCC(=O)NC2=O)c1. The summed E-state index contributed by atoms with van der Waals surface area (Å²) in [5, 5.41) is 17.5. The molecule has 0 bridgehead atoms. The fourth-order valence-electron chi connectivity index (χ4n) is 7.16. The van der Waals surface area contributed by atoms with Crippen LogP contribution in [-0.4, -0.2) is 75.4 Å². The highest BCUT2D eigenvalue weighted by atomic mass is 32.1. The Labute approximate surface area is 327 Å².